The van der Waals surface area contributed by atoms with Crippen molar-refractivity contribution in [3.63, 3.8) is 0 Å². The number of hydrogen-bond donors (Lipinski definition) is 0. The summed E-state index contributed by atoms with van der Waals surface area (Å²) in [5.74, 6) is 3.25. The monoisotopic (exact) mass is 255 g/mol. The highest BCUT2D eigenvalue weighted by atomic mass is 35.5. The Morgan fingerprint density at radius 1 is 1.18 bits per heavy atom. The van der Waals surface area contributed by atoms with Crippen molar-refractivity contribution in [3.8, 4) is 11.8 Å². The van der Waals surface area contributed by atoms with E-state index < -0.39 is 6.18 Å². The van der Waals surface area contributed by atoms with E-state index >= 15 is 0 Å². The van der Waals surface area contributed by atoms with Gasteiger partial charge in [0.25, 0.3) is 0 Å². The van der Waals surface area contributed by atoms with Gasteiger partial charge in [0.15, 0.2) is 0 Å². The van der Waals surface area contributed by atoms with E-state index in [4.69, 9.17) is 11.6 Å². The molecular formula is C12H5ClF3N. The molecule has 5 heteroatoms. The molecule has 0 unspecified atom stereocenters. The van der Waals surface area contributed by atoms with Crippen LogP contribution in [0.5, 0.6) is 0 Å². The third-order valence-electron chi connectivity index (χ3n) is 2.04. The fraction of sp³-hybridized carbons (Fsp3) is 0.0833. The van der Waals surface area contributed by atoms with Crippen LogP contribution in [0.3, 0.4) is 0 Å². The van der Waals surface area contributed by atoms with Crippen molar-refractivity contribution in [2.45, 2.75) is 6.18 Å². The first-order valence-electron chi connectivity index (χ1n) is 4.60. The molecular weight excluding hydrogens is 251 g/mol. The van der Waals surface area contributed by atoms with E-state index in [0.717, 1.165) is 0 Å². The molecule has 0 aliphatic heterocycles. The first-order valence-corrected chi connectivity index (χ1v) is 4.98. The standard InChI is InChI=1S/C12H5ClF3N/c13-10-4-6-17-11-2-1-8(7-9(10)11)3-5-12(14,15)16/h1-2,4,6-7H. The number of alkyl halides is 3. The minimum Gasteiger partial charge on any atom is -0.256 e. The Hall–Kier alpha value is -1.73. The van der Waals surface area contributed by atoms with Crippen molar-refractivity contribution in [1.29, 1.82) is 0 Å². The number of benzene rings is 1. The number of pyridine rings is 1. The lowest BCUT2D eigenvalue weighted by molar-refractivity contribution is -0.0696. The van der Waals surface area contributed by atoms with Gasteiger partial charge < -0.3 is 0 Å². The van der Waals surface area contributed by atoms with Crippen LogP contribution in [-0.4, -0.2) is 11.2 Å². The number of fused-ring (bicyclic) bond motifs is 1. The van der Waals surface area contributed by atoms with E-state index in [-0.39, 0.29) is 5.56 Å². The van der Waals surface area contributed by atoms with Gasteiger partial charge in [-0.2, -0.15) is 13.2 Å². The highest BCUT2D eigenvalue weighted by Crippen LogP contribution is 2.22. The lowest BCUT2D eigenvalue weighted by Crippen LogP contribution is -2.01. The first kappa shape index (κ1) is 11.7. The summed E-state index contributed by atoms with van der Waals surface area (Å²) < 4.78 is 35.8. The molecule has 2 aromatic rings. The quantitative estimate of drug-likeness (QED) is 0.653. The topological polar surface area (TPSA) is 12.9 Å². The zero-order valence-electron chi connectivity index (χ0n) is 8.35. The van der Waals surface area contributed by atoms with Crippen molar-refractivity contribution < 1.29 is 13.2 Å². The van der Waals surface area contributed by atoms with Crippen LogP contribution in [0.2, 0.25) is 5.02 Å². The number of aromatic nitrogens is 1. The van der Waals surface area contributed by atoms with Crippen LogP contribution in [0.25, 0.3) is 10.9 Å². The molecule has 1 heterocycles. The molecule has 1 nitrogen and oxygen atoms in total. The van der Waals surface area contributed by atoms with Crippen molar-refractivity contribution in [3.05, 3.63) is 41.0 Å². The average Bonchev–Trinajstić information content (AvgIpc) is 2.26. The van der Waals surface area contributed by atoms with Gasteiger partial charge in [-0.05, 0) is 24.3 Å². The number of halogens is 4. The summed E-state index contributed by atoms with van der Waals surface area (Å²) in [5.41, 5.74) is 0.875. The summed E-state index contributed by atoms with van der Waals surface area (Å²) in [7, 11) is 0. The van der Waals surface area contributed by atoms with Crippen LogP contribution in [-0.2, 0) is 0 Å². The molecule has 86 valence electrons. The van der Waals surface area contributed by atoms with Crippen LogP contribution in [0, 0.1) is 11.8 Å². The van der Waals surface area contributed by atoms with Gasteiger partial charge in [0.1, 0.15) is 0 Å². The molecule has 0 aliphatic carbocycles. The van der Waals surface area contributed by atoms with E-state index in [1.165, 1.54) is 24.3 Å². The molecule has 0 atom stereocenters. The van der Waals surface area contributed by atoms with Crippen LogP contribution < -0.4 is 0 Å². The summed E-state index contributed by atoms with van der Waals surface area (Å²) in [6, 6.07) is 6.13. The van der Waals surface area contributed by atoms with Crippen LogP contribution in [0.15, 0.2) is 30.5 Å². The molecule has 0 bridgehead atoms. The van der Waals surface area contributed by atoms with Crippen LogP contribution in [0.1, 0.15) is 5.56 Å². The second kappa shape index (κ2) is 4.27. The fourth-order valence-electron chi connectivity index (χ4n) is 1.33. The minimum absolute atomic E-state index is 0.254. The Bertz CT molecular complexity index is 623. The third-order valence-corrected chi connectivity index (χ3v) is 2.37. The summed E-state index contributed by atoms with van der Waals surface area (Å²) in [6.45, 7) is 0. The average molecular weight is 256 g/mol. The third kappa shape index (κ3) is 2.89. The zero-order chi connectivity index (χ0) is 12.5. The highest BCUT2D eigenvalue weighted by Gasteiger charge is 2.22. The molecule has 0 N–H and O–H groups in total. The predicted molar refractivity (Wildman–Crippen MR) is 59.7 cm³/mol. The van der Waals surface area contributed by atoms with Gasteiger partial charge in [0.2, 0.25) is 0 Å². The fourth-order valence-corrected chi connectivity index (χ4v) is 1.54. The van der Waals surface area contributed by atoms with Crippen LogP contribution in [0.4, 0.5) is 13.2 Å². The van der Waals surface area contributed by atoms with E-state index in [9.17, 15) is 13.2 Å². The van der Waals surface area contributed by atoms with Gasteiger partial charge in [-0.15, -0.1) is 0 Å². The molecule has 0 radical (unpaired) electrons. The van der Waals surface area contributed by atoms with E-state index in [2.05, 4.69) is 4.98 Å². The maximum atomic E-state index is 11.9. The molecule has 1 aromatic heterocycles. The molecule has 17 heavy (non-hydrogen) atoms. The van der Waals surface area contributed by atoms with Crippen LogP contribution >= 0.6 is 11.6 Å². The number of rotatable bonds is 0. The van der Waals surface area contributed by atoms with Gasteiger partial charge in [-0.25, -0.2) is 0 Å². The Labute approximate surface area is 100 Å². The Morgan fingerprint density at radius 3 is 2.65 bits per heavy atom. The maximum absolute atomic E-state index is 11.9. The predicted octanol–water partition coefficient (Wildman–Crippen LogP) is 3.80. The summed E-state index contributed by atoms with van der Waals surface area (Å²) in [6.07, 6.45) is -2.96. The Kier molecular flexibility index (Phi) is 2.95. The van der Waals surface area contributed by atoms with Crippen molar-refractivity contribution >= 4 is 22.5 Å². The number of hydrogen-bond acceptors (Lipinski definition) is 1. The number of nitrogens with zero attached hydrogens (tertiary/aromatic N) is 1. The zero-order valence-corrected chi connectivity index (χ0v) is 9.10. The second-order valence-electron chi connectivity index (χ2n) is 3.27. The molecule has 0 saturated carbocycles. The SMILES string of the molecule is FC(F)(F)C#Cc1ccc2nccc(Cl)c2c1. The van der Waals surface area contributed by atoms with Gasteiger partial charge in [0, 0.05) is 23.1 Å². The molecule has 0 aliphatic rings. The van der Waals surface area contributed by atoms with Crippen molar-refractivity contribution in [2.24, 2.45) is 0 Å². The van der Waals surface area contributed by atoms with Gasteiger partial charge in [0.05, 0.1) is 10.5 Å². The lowest BCUT2D eigenvalue weighted by Gasteiger charge is -2.00. The smallest absolute Gasteiger partial charge is 0.256 e. The van der Waals surface area contributed by atoms with E-state index in [1.807, 2.05) is 5.92 Å². The second-order valence-corrected chi connectivity index (χ2v) is 3.68. The highest BCUT2D eigenvalue weighted by molar-refractivity contribution is 6.35. The normalized spacial score (nSPS) is 11.1. The Morgan fingerprint density at radius 2 is 1.94 bits per heavy atom. The van der Waals surface area contributed by atoms with E-state index in [0.29, 0.717) is 15.9 Å². The molecule has 0 fully saturated rings. The van der Waals surface area contributed by atoms with E-state index in [1.54, 1.807) is 12.1 Å². The summed E-state index contributed by atoms with van der Waals surface area (Å²) in [4.78, 5) is 4.04. The summed E-state index contributed by atoms with van der Waals surface area (Å²) >= 11 is 5.91. The minimum atomic E-state index is -4.49. The summed E-state index contributed by atoms with van der Waals surface area (Å²) in [5, 5.41) is 1.02. The molecule has 0 spiro atoms. The molecule has 0 amide bonds. The lowest BCUT2D eigenvalue weighted by atomic mass is 10.1. The molecule has 0 saturated heterocycles. The maximum Gasteiger partial charge on any atom is 0.458 e. The largest absolute Gasteiger partial charge is 0.458 e. The van der Waals surface area contributed by atoms with Gasteiger partial charge >= 0.3 is 6.18 Å². The van der Waals surface area contributed by atoms with Crippen molar-refractivity contribution in [1.82, 2.24) is 4.98 Å². The van der Waals surface area contributed by atoms with Gasteiger partial charge in [-0.1, -0.05) is 17.5 Å². The first-order chi connectivity index (χ1) is 7.96. The van der Waals surface area contributed by atoms with Crippen molar-refractivity contribution in [2.75, 3.05) is 0 Å². The Balaban J connectivity index is 2.51. The molecule has 1 aromatic carbocycles. The van der Waals surface area contributed by atoms with Gasteiger partial charge in [-0.3, -0.25) is 4.98 Å². The molecule has 2 rings (SSSR count).